The minimum atomic E-state index is -0.268. The summed E-state index contributed by atoms with van der Waals surface area (Å²) in [7, 11) is 0. The molecular formula is C11H16O3. The van der Waals surface area contributed by atoms with Crippen LogP contribution in [0.1, 0.15) is 25.7 Å². The van der Waals surface area contributed by atoms with Crippen molar-refractivity contribution in [2.24, 2.45) is 0 Å². The van der Waals surface area contributed by atoms with Gasteiger partial charge in [-0.2, -0.15) is 0 Å². The summed E-state index contributed by atoms with van der Waals surface area (Å²) in [5, 5.41) is 0. The van der Waals surface area contributed by atoms with Gasteiger partial charge in [0, 0.05) is 13.0 Å². The van der Waals surface area contributed by atoms with Crippen molar-refractivity contribution in [1.82, 2.24) is 0 Å². The number of rotatable bonds is 2. The monoisotopic (exact) mass is 196 g/mol. The highest BCUT2D eigenvalue weighted by molar-refractivity contribution is 5.84. The maximum atomic E-state index is 11.6. The Morgan fingerprint density at radius 2 is 2.36 bits per heavy atom. The van der Waals surface area contributed by atoms with Gasteiger partial charge in [-0.1, -0.05) is 6.08 Å². The largest absolute Gasteiger partial charge is 0.375 e. The Hall–Kier alpha value is -0.670. The molecule has 2 aliphatic rings. The van der Waals surface area contributed by atoms with Crippen LogP contribution in [0.25, 0.3) is 0 Å². The zero-order chi connectivity index (χ0) is 9.97. The van der Waals surface area contributed by atoms with E-state index in [4.69, 9.17) is 9.47 Å². The zero-order valence-corrected chi connectivity index (χ0v) is 8.28. The van der Waals surface area contributed by atoms with Crippen LogP contribution in [0, 0.1) is 0 Å². The van der Waals surface area contributed by atoms with Crippen molar-refractivity contribution in [3.05, 3.63) is 12.7 Å². The molecule has 3 heteroatoms. The van der Waals surface area contributed by atoms with Gasteiger partial charge >= 0.3 is 0 Å². The third kappa shape index (κ3) is 1.88. The van der Waals surface area contributed by atoms with Gasteiger partial charge in [-0.05, 0) is 19.3 Å². The minimum Gasteiger partial charge on any atom is -0.375 e. The first kappa shape index (κ1) is 9.87. The van der Waals surface area contributed by atoms with E-state index in [1.165, 1.54) is 0 Å². The molecule has 0 aromatic carbocycles. The van der Waals surface area contributed by atoms with Crippen molar-refractivity contribution in [3.8, 4) is 0 Å². The average Bonchev–Trinajstić information content (AvgIpc) is 2.19. The molecule has 0 saturated carbocycles. The Bertz CT molecular complexity index is 237. The number of fused-ring (bicyclic) bond motifs is 1. The predicted molar refractivity (Wildman–Crippen MR) is 52.1 cm³/mol. The fourth-order valence-electron chi connectivity index (χ4n) is 2.11. The third-order valence-electron chi connectivity index (χ3n) is 2.86. The fraction of sp³-hybridized carbons (Fsp3) is 0.727. The van der Waals surface area contributed by atoms with Crippen molar-refractivity contribution >= 4 is 5.78 Å². The zero-order valence-electron chi connectivity index (χ0n) is 8.28. The van der Waals surface area contributed by atoms with Gasteiger partial charge in [0.05, 0.1) is 12.2 Å². The lowest BCUT2D eigenvalue weighted by atomic mass is 9.94. The van der Waals surface area contributed by atoms with Crippen LogP contribution < -0.4 is 0 Å². The van der Waals surface area contributed by atoms with Crippen molar-refractivity contribution in [1.29, 1.82) is 0 Å². The number of carbonyl (C=O) groups is 1. The Kier molecular flexibility index (Phi) is 2.99. The number of ether oxygens (including phenoxy) is 2. The normalized spacial score (nSPS) is 37.7. The van der Waals surface area contributed by atoms with Crippen LogP contribution in [-0.4, -0.2) is 30.7 Å². The summed E-state index contributed by atoms with van der Waals surface area (Å²) < 4.78 is 11.2. The van der Waals surface area contributed by atoms with Gasteiger partial charge in [0.1, 0.15) is 6.10 Å². The van der Waals surface area contributed by atoms with Crippen LogP contribution in [-0.2, 0) is 14.3 Å². The van der Waals surface area contributed by atoms with E-state index in [9.17, 15) is 4.79 Å². The highest BCUT2D eigenvalue weighted by Crippen LogP contribution is 2.27. The maximum Gasteiger partial charge on any atom is 0.164 e. The topological polar surface area (TPSA) is 35.5 Å². The second-order valence-corrected chi connectivity index (χ2v) is 3.91. The molecular weight excluding hydrogens is 180 g/mol. The lowest BCUT2D eigenvalue weighted by molar-refractivity contribution is -0.175. The number of hydrogen-bond donors (Lipinski definition) is 0. The smallest absolute Gasteiger partial charge is 0.164 e. The summed E-state index contributed by atoms with van der Waals surface area (Å²) in [4.78, 5) is 11.6. The van der Waals surface area contributed by atoms with E-state index in [2.05, 4.69) is 6.58 Å². The molecule has 0 amide bonds. The van der Waals surface area contributed by atoms with Crippen molar-refractivity contribution in [2.45, 2.75) is 44.0 Å². The Morgan fingerprint density at radius 1 is 1.50 bits per heavy atom. The summed E-state index contributed by atoms with van der Waals surface area (Å²) in [6.07, 6.45) is 4.82. The van der Waals surface area contributed by atoms with Gasteiger partial charge in [0.15, 0.2) is 5.78 Å². The first-order chi connectivity index (χ1) is 6.81. The van der Waals surface area contributed by atoms with E-state index in [-0.39, 0.29) is 24.1 Å². The summed E-state index contributed by atoms with van der Waals surface area (Å²) in [6.45, 7) is 4.40. The molecule has 2 aliphatic heterocycles. The molecule has 2 rings (SSSR count). The van der Waals surface area contributed by atoms with Crippen molar-refractivity contribution < 1.29 is 14.3 Å². The van der Waals surface area contributed by atoms with Crippen LogP contribution in [0.4, 0.5) is 0 Å². The highest BCUT2D eigenvalue weighted by Gasteiger charge is 2.38. The lowest BCUT2D eigenvalue weighted by Gasteiger charge is -2.38. The van der Waals surface area contributed by atoms with Crippen LogP contribution in [0.15, 0.2) is 12.7 Å². The number of hydrogen-bond acceptors (Lipinski definition) is 3. The van der Waals surface area contributed by atoms with E-state index in [1.807, 2.05) is 0 Å². The van der Waals surface area contributed by atoms with Gasteiger partial charge in [0.2, 0.25) is 0 Å². The number of ketones is 1. The summed E-state index contributed by atoms with van der Waals surface area (Å²) in [6, 6.07) is 0. The molecule has 0 radical (unpaired) electrons. The van der Waals surface area contributed by atoms with Crippen molar-refractivity contribution in [2.75, 3.05) is 6.61 Å². The van der Waals surface area contributed by atoms with Crippen LogP contribution in [0.5, 0.6) is 0 Å². The molecule has 3 nitrogen and oxygen atoms in total. The molecule has 78 valence electrons. The van der Waals surface area contributed by atoms with Gasteiger partial charge in [-0.25, -0.2) is 0 Å². The van der Waals surface area contributed by atoms with Crippen molar-refractivity contribution in [3.63, 3.8) is 0 Å². The van der Waals surface area contributed by atoms with E-state index >= 15 is 0 Å². The molecule has 0 bridgehead atoms. The number of Topliss-reactive ketones (excluding diaryl/α,β-unsaturated/α-hetero) is 1. The Labute approximate surface area is 84.1 Å². The predicted octanol–water partition coefficient (Wildman–Crippen LogP) is 1.47. The lowest BCUT2D eigenvalue weighted by Crippen LogP contribution is -2.47. The third-order valence-corrected chi connectivity index (χ3v) is 2.86. The molecule has 0 aromatic heterocycles. The maximum absolute atomic E-state index is 11.6. The molecule has 0 aromatic rings. The van der Waals surface area contributed by atoms with Crippen LogP contribution in [0.3, 0.4) is 0 Å². The van der Waals surface area contributed by atoms with Gasteiger partial charge in [0.25, 0.3) is 0 Å². The summed E-state index contributed by atoms with van der Waals surface area (Å²) in [5.74, 6) is 0.160. The van der Waals surface area contributed by atoms with Gasteiger partial charge in [-0.15, -0.1) is 6.58 Å². The van der Waals surface area contributed by atoms with E-state index in [0.717, 1.165) is 19.4 Å². The second-order valence-electron chi connectivity index (χ2n) is 3.91. The molecule has 0 aliphatic carbocycles. The standard InChI is InChI=1S/C11H16O3/c1-2-4-9-8(12)7-11-10(14-9)5-3-6-13-11/h2,9-11H,1,3-7H2/t9-,10+,11+/m1/s1. The van der Waals surface area contributed by atoms with E-state index in [0.29, 0.717) is 12.8 Å². The molecule has 0 N–H and O–H groups in total. The summed E-state index contributed by atoms with van der Waals surface area (Å²) in [5.41, 5.74) is 0. The molecule has 14 heavy (non-hydrogen) atoms. The summed E-state index contributed by atoms with van der Waals surface area (Å²) >= 11 is 0. The molecule has 0 unspecified atom stereocenters. The first-order valence-electron chi connectivity index (χ1n) is 5.22. The second kappa shape index (κ2) is 4.24. The molecule has 0 spiro atoms. The highest BCUT2D eigenvalue weighted by atomic mass is 16.6. The minimum absolute atomic E-state index is 0.0114. The quantitative estimate of drug-likeness (QED) is 0.627. The number of carbonyl (C=O) groups excluding carboxylic acids is 1. The Balaban J connectivity index is 1.99. The van der Waals surface area contributed by atoms with Crippen LogP contribution >= 0.6 is 0 Å². The first-order valence-corrected chi connectivity index (χ1v) is 5.22. The molecule has 2 heterocycles. The fourth-order valence-corrected chi connectivity index (χ4v) is 2.11. The van der Waals surface area contributed by atoms with E-state index < -0.39 is 0 Å². The molecule has 2 fully saturated rings. The Morgan fingerprint density at radius 3 is 3.14 bits per heavy atom. The average molecular weight is 196 g/mol. The molecule has 2 saturated heterocycles. The van der Waals surface area contributed by atoms with Gasteiger partial charge < -0.3 is 9.47 Å². The van der Waals surface area contributed by atoms with Crippen LogP contribution in [0.2, 0.25) is 0 Å². The SMILES string of the molecule is C=CC[C@H]1O[C@H]2CCCO[C@H]2CC1=O. The van der Waals surface area contributed by atoms with E-state index in [1.54, 1.807) is 6.08 Å². The molecule has 3 atom stereocenters. The van der Waals surface area contributed by atoms with Gasteiger partial charge in [-0.3, -0.25) is 4.79 Å².